The molecule has 28 heavy (non-hydrogen) atoms. The van der Waals surface area contributed by atoms with E-state index in [-0.39, 0.29) is 35.5 Å². The van der Waals surface area contributed by atoms with Crippen LogP contribution in [0.5, 0.6) is 0 Å². The third-order valence-corrected chi connectivity index (χ3v) is 6.65. The van der Waals surface area contributed by atoms with E-state index in [1.807, 2.05) is 20.8 Å². The van der Waals surface area contributed by atoms with Gasteiger partial charge in [0.15, 0.2) is 6.61 Å². The van der Waals surface area contributed by atoms with Gasteiger partial charge in [-0.25, -0.2) is 13.2 Å². The van der Waals surface area contributed by atoms with Crippen molar-refractivity contribution in [2.75, 3.05) is 32.9 Å². The molecule has 8 nitrogen and oxygen atoms in total. The molecule has 156 valence electrons. The summed E-state index contributed by atoms with van der Waals surface area (Å²) in [6.07, 6.45) is 0. The molecular formula is C19H28N2O6S. The van der Waals surface area contributed by atoms with E-state index in [0.717, 1.165) is 0 Å². The van der Waals surface area contributed by atoms with Crippen molar-refractivity contribution >= 4 is 21.9 Å². The van der Waals surface area contributed by atoms with Gasteiger partial charge in [-0.3, -0.25) is 4.79 Å². The normalized spacial score (nSPS) is 16.6. The van der Waals surface area contributed by atoms with Crippen LogP contribution in [-0.4, -0.2) is 63.6 Å². The largest absolute Gasteiger partial charge is 0.452 e. The summed E-state index contributed by atoms with van der Waals surface area (Å²) in [5, 5.41) is 2.75. The van der Waals surface area contributed by atoms with Crippen molar-refractivity contribution < 1.29 is 27.5 Å². The molecule has 0 aromatic heterocycles. The van der Waals surface area contributed by atoms with Crippen LogP contribution >= 0.6 is 0 Å². The third-order valence-electron chi connectivity index (χ3n) is 4.76. The molecule has 0 spiro atoms. The van der Waals surface area contributed by atoms with Crippen LogP contribution in [-0.2, 0) is 24.3 Å². The Morgan fingerprint density at radius 1 is 1.21 bits per heavy atom. The van der Waals surface area contributed by atoms with Crippen molar-refractivity contribution in [1.82, 2.24) is 9.62 Å². The molecule has 0 saturated carbocycles. The minimum Gasteiger partial charge on any atom is -0.452 e. The minimum atomic E-state index is -3.73. The number of nitrogens with one attached hydrogen (secondary N) is 1. The predicted octanol–water partition coefficient (Wildman–Crippen LogP) is 1.33. The first-order valence-corrected chi connectivity index (χ1v) is 10.7. The van der Waals surface area contributed by atoms with Crippen LogP contribution in [0.25, 0.3) is 0 Å². The van der Waals surface area contributed by atoms with E-state index < -0.39 is 28.5 Å². The maximum absolute atomic E-state index is 12.8. The summed E-state index contributed by atoms with van der Waals surface area (Å²) in [7, 11) is -3.73. The number of carbonyl (C=O) groups is 2. The highest BCUT2D eigenvalue weighted by atomic mass is 32.2. The number of benzene rings is 1. The summed E-state index contributed by atoms with van der Waals surface area (Å²) in [6, 6.07) is 4.28. The molecule has 0 unspecified atom stereocenters. The molecule has 1 N–H and O–H groups in total. The summed E-state index contributed by atoms with van der Waals surface area (Å²) in [6.45, 7) is 8.29. The van der Waals surface area contributed by atoms with E-state index in [1.165, 1.54) is 16.4 Å². The molecule has 1 amide bonds. The van der Waals surface area contributed by atoms with Crippen molar-refractivity contribution in [1.29, 1.82) is 0 Å². The predicted molar refractivity (Wildman–Crippen MR) is 103 cm³/mol. The molecule has 1 aliphatic heterocycles. The maximum Gasteiger partial charge on any atom is 0.338 e. The average Bonchev–Trinajstić information content (AvgIpc) is 2.66. The minimum absolute atomic E-state index is 0.0184. The quantitative estimate of drug-likeness (QED) is 0.678. The number of esters is 1. The Morgan fingerprint density at radius 3 is 2.46 bits per heavy atom. The van der Waals surface area contributed by atoms with Gasteiger partial charge >= 0.3 is 5.97 Å². The van der Waals surface area contributed by atoms with Crippen LogP contribution in [0.2, 0.25) is 0 Å². The van der Waals surface area contributed by atoms with Gasteiger partial charge in [0.05, 0.1) is 23.7 Å². The van der Waals surface area contributed by atoms with Crippen molar-refractivity contribution in [2.45, 2.75) is 38.6 Å². The fourth-order valence-corrected chi connectivity index (χ4v) is 4.02. The number of hydrogen-bond donors (Lipinski definition) is 1. The summed E-state index contributed by atoms with van der Waals surface area (Å²) in [4.78, 5) is 24.3. The highest BCUT2D eigenvalue weighted by molar-refractivity contribution is 7.89. The lowest BCUT2D eigenvalue weighted by atomic mass is 10.1. The van der Waals surface area contributed by atoms with E-state index in [2.05, 4.69) is 5.32 Å². The number of hydrogen-bond acceptors (Lipinski definition) is 6. The van der Waals surface area contributed by atoms with Crippen LogP contribution in [0.15, 0.2) is 23.1 Å². The number of rotatable bonds is 7. The summed E-state index contributed by atoms with van der Waals surface area (Å²) in [5.74, 6) is -0.878. The molecule has 1 saturated heterocycles. The molecular weight excluding hydrogens is 384 g/mol. The van der Waals surface area contributed by atoms with Gasteiger partial charge in [0.2, 0.25) is 10.0 Å². The van der Waals surface area contributed by atoms with Gasteiger partial charge in [-0.2, -0.15) is 4.31 Å². The Kier molecular flexibility index (Phi) is 7.56. The van der Waals surface area contributed by atoms with E-state index in [4.69, 9.17) is 9.47 Å². The highest BCUT2D eigenvalue weighted by Crippen LogP contribution is 2.21. The van der Waals surface area contributed by atoms with Gasteiger partial charge in [0, 0.05) is 19.1 Å². The summed E-state index contributed by atoms with van der Waals surface area (Å²) < 4.78 is 37.2. The Bertz CT molecular complexity index is 816. The van der Waals surface area contributed by atoms with Crippen molar-refractivity contribution in [3.8, 4) is 0 Å². The van der Waals surface area contributed by atoms with E-state index in [1.54, 1.807) is 13.0 Å². The Hall–Kier alpha value is -1.97. The fourth-order valence-electron chi connectivity index (χ4n) is 2.59. The average molecular weight is 413 g/mol. The monoisotopic (exact) mass is 412 g/mol. The van der Waals surface area contributed by atoms with E-state index >= 15 is 0 Å². The van der Waals surface area contributed by atoms with Crippen LogP contribution in [0.4, 0.5) is 0 Å². The SMILES string of the molecule is Cc1ccc(S(=O)(=O)N2CCOCC2)cc1C(=O)OCC(=O)N[C@H](C)C(C)C. The zero-order valence-corrected chi connectivity index (χ0v) is 17.5. The zero-order valence-electron chi connectivity index (χ0n) is 16.7. The van der Waals surface area contributed by atoms with Gasteiger partial charge in [0.25, 0.3) is 5.91 Å². The van der Waals surface area contributed by atoms with Crippen LogP contribution in [0.1, 0.15) is 36.7 Å². The lowest BCUT2D eigenvalue weighted by Crippen LogP contribution is -2.40. The zero-order chi connectivity index (χ0) is 20.9. The first kappa shape index (κ1) is 22.3. The molecule has 1 atom stereocenters. The number of ether oxygens (including phenoxy) is 2. The number of amides is 1. The Balaban J connectivity index is 2.10. The van der Waals surface area contributed by atoms with Crippen molar-refractivity contribution in [2.24, 2.45) is 5.92 Å². The van der Waals surface area contributed by atoms with E-state index in [0.29, 0.717) is 18.8 Å². The van der Waals surface area contributed by atoms with Crippen LogP contribution in [0, 0.1) is 12.8 Å². The Labute approximate surface area is 166 Å². The third kappa shape index (κ3) is 5.52. The van der Waals surface area contributed by atoms with Crippen molar-refractivity contribution in [3.63, 3.8) is 0 Å². The first-order valence-electron chi connectivity index (χ1n) is 9.28. The summed E-state index contributed by atoms with van der Waals surface area (Å²) in [5.41, 5.74) is 0.695. The standard InChI is InChI=1S/C19H28N2O6S/c1-13(2)15(4)20-18(22)12-27-19(23)17-11-16(6-5-14(17)3)28(24,25)21-7-9-26-10-8-21/h5-6,11,13,15H,7-10,12H2,1-4H3,(H,20,22)/t15-/m1/s1. The van der Waals surface area contributed by atoms with Crippen LogP contribution < -0.4 is 5.32 Å². The van der Waals surface area contributed by atoms with Gasteiger partial charge in [-0.15, -0.1) is 0 Å². The number of nitrogens with zero attached hydrogens (tertiary/aromatic N) is 1. The maximum atomic E-state index is 12.8. The highest BCUT2D eigenvalue weighted by Gasteiger charge is 2.27. The smallest absolute Gasteiger partial charge is 0.338 e. The second-order valence-electron chi connectivity index (χ2n) is 7.17. The second kappa shape index (κ2) is 9.49. The lowest BCUT2D eigenvalue weighted by Gasteiger charge is -2.26. The molecule has 1 aliphatic rings. The molecule has 1 heterocycles. The lowest BCUT2D eigenvalue weighted by molar-refractivity contribution is -0.125. The molecule has 0 bridgehead atoms. The number of carbonyl (C=O) groups excluding carboxylic acids is 2. The Morgan fingerprint density at radius 2 is 1.86 bits per heavy atom. The molecule has 9 heteroatoms. The van der Waals surface area contributed by atoms with Gasteiger partial charge in [0.1, 0.15) is 0 Å². The second-order valence-corrected chi connectivity index (χ2v) is 9.11. The number of morpholine rings is 1. The molecule has 2 rings (SSSR count). The molecule has 1 aromatic carbocycles. The molecule has 0 aliphatic carbocycles. The molecule has 0 radical (unpaired) electrons. The summed E-state index contributed by atoms with van der Waals surface area (Å²) >= 11 is 0. The topological polar surface area (TPSA) is 102 Å². The molecule has 1 fully saturated rings. The van der Waals surface area contributed by atoms with Gasteiger partial charge in [-0.05, 0) is 37.5 Å². The van der Waals surface area contributed by atoms with Crippen LogP contribution in [0.3, 0.4) is 0 Å². The van der Waals surface area contributed by atoms with Gasteiger partial charge in [-0.1, -0.05) is 19.9 Å². The van der Waals surface area contributed by atoms with Gasteiger partial charge < -0.3 is 14.8 Å². The van der Waals surface area contributed by atoms with E-state index in [9.17, 15) is 18.0 Å². The number of aryl methyl sites for hydroxylation is 1. The number of sulfonamides is 1. The molecule has 1 aromatic rings. The first-order chi connectivity index (χ1) is 13.1. The van der Waals surface area contributed by atoms with Crippen molar-refractivity contribution in [3.05, 3.63) is 29.3 Å². The fraction of sp³-hybridized carbons (Fsp3) is 0.579.